The lowest BCUT2D eigenvalue weighted by Gasteiger charge is -2.02. The molecule has 24 heavy (non-hydrogen) atoms. The molecule has 0 fully saturated rings. The highest BCUT2D eigenvalue weighted by molar-refractivity contribution is 6.04. The first kappa shape index (κ1) is 16.8. The number of amides is 2. The fourth-order valence-corrected chi connectivity index (χ4v) is 2.14. The van der Waals surface area contributed by atoms with E-state index in [2.05, 4.69) is 10.6 Å². The lowest BCUT2D eigenvalue weighted by Crippen LogP contribution is -2.25. The molecule has 0 unspecified atom stereocenters. The van der Waals surface area contributed by atoms with Crippen LogP contribution < -0.4 is 10.6 Å². The number of nitrogens with one attached hydrogen (secondary N) is 2. The molecular formula is C14H14N6O4. The van der Waals surface area contributed by atoms with Gasteiger partial charge in [-0.2, -0.15) is 5.26 Å². The van der Waals surface area contributed by atoms with E-state index in [0.29, 0.717) is 5.69 Å². The van der Waals surface area contributed by atoms with E-state index in [1.54, 1.807) is 13.1 Å². The summed E-state index contributed by atoms with van der Waals surface area (Å²) in [5.74, 6) is -0.991. The Kier molecular flexibility index (Phi) is 4.65. The van der Waals surface area contributed by atoms with E-state index in [1.807, 2.05) is 0 Å². The summed E-state index contributed by atoms with van der Waals surface area (Å²) in [5.41, 5.74) is 0.542. The Hall–Kier alpha value is -3.61. The van der Waals surface area contributed by atoms with E-state index in [0.717, 1.165) is 0 Å². The monoisotopic (exact) mass is 330 g/mol. The Morgan fingerprint density at radius 2 is 1.83 bits per heavy atom. The summed E-state index contributed by atoms with van der Waals surface area (Å²) in [6.07, 6.45) is 2.76. The minimum absolute atomic E-state index is 0.112. The van der Waals surface area contributed by atoms with Crippen LogP contribution in [0, 0.1) is 21.4 Å². The number of aromatic nitrogens is 2. The van der Waals surface area contributed by atoms with Crippen molar-refractivity contribution >= 4 is 23.2 Å². The average molecular weight is 330 g/mol. The van der Waals surface area contributed by atoms with Gasteiger partial charge in [-0.05, 0) is 6.07 Å². The highest BCUT2D eigenvalue weighted by Gasteiger charge is 2.19. The number of carbonyl (C=O) groups is 2. The first-order chi connectivity index (χ1) is 11.3. The van der Waals surface area contributed by atoms with Gasteiger partial charge in [0, 0.05) is 26.4 Å². The highest BCUT2D eigenvalue weighted by atomic mass is 16.6. The summed E-state index contributed by atoms with van der Waals surface area (Å²) >= 11 is 0. The SMILES string of the molecule is Cn1cc(NC(=O)c2cc([N+](=O)[O-])cn2C)cc1C(=O)NCC#N. The summed E-state index contributed by atoms with van der Waals surface area (Å²) in [6, 6.07) is 4.41. The lowest BCUT2D eigenvalue weighted by molar-refractivity contribution is -0.384. The standard InChI is InChI=1S/C14H14N6O4/c1-18-7-9(5-11(18)13(21)16-4-3-15)17-14(22)12-6-10(20(23)24)8-19(12)2/h5-8H,4H2,1-2H3,(H,16,21)(H,17,22). The molecule has 0 aliphatic heterocycles. The van der Waals surface area contributed by atoms with Gasteiger partial charge < -0.3 is 19.8 Å². The third-order valence-electron chi connectivity index (χ3n) is 3.26. The van der Waals surface area contributed by atoms with E-state index in [-0.39, 0.29) is 23.6 Å². The number of nitriles is 1. The molecule has 0 aliphatic rings. The first-order valence-corrected chi connectivity index (χ1v) is 6.77. The number of hydrogen-bond donors (Lipinski definition) is 2. The van der Waals surface area contributed by atoms with Crippen molar-refractivity contribution < 1.29 is 14.5 Å². The average Bonchev–Trinajstić information content (AvgIpc) is 3.08. The summed E-state index contributed by atoms with van der Waals surface area (Å²) in [6.45, 7) is -0.126. The van der Waals surface area contributed by atoms with Crippen LogP contribution in [0.5, 0.6) is 0 Å². The Labute approximate surface area is 136 Å². The number of nitro groups is 1. The number of rotatable bonds is 5. The molecule has 2 rings (SSSR count). The van der Waals surface area contributed by atoms with Crippen molar-refractivity contribution in [1.29, 1.82) is 5.26 Å². The summed E-state index contributed by atoms with van der Waals surface area (Å²) in [7, 11) is 3.14. The van der Waals surface area contributed by atoms with E-state index in [1.165, 1.54) is 40.7 Å². The first-order valence-electron chi connectivity index (χ1n) is 6.77. The van der Waals surface area contributed by atoms with Gasteiger partial charge in [0.1, 0.15) is 17.9 Å². The molecule has 2 amide bonds. The van der Waals surface area contributed by atoms with Gasteiger partial charge in [0.15, 0.2) is 0 Å². The molecule has 0 radical (unpaired) electrons. The minimum Gasteiger partial charge on any atom is -0.344 e. The van der Waals surface area contributed by atoms with Gasteiger partial charge in [-0.25, -0.2) is 0 Å². The zero-order chi connectivity index (χ0) is 17.9. The number of nitrogens with zero attached hydrogens (tertiary/aromatic N) is 4. The Balaban J connectivity index is 2.17. The van der Waals surface area contributed by atoms with Crippen LogP contribution in [0.3, 0.4) is 0 Å². The Bertz CT molecular complexity index is 857. The number of hydrogen-bond acceptors (Lipinski definition) is 5. The second-order valence-corrected chi connectivity index (χ2v) is 4.97. The van der Waals surface area contributed by atoms with E-state index >= 15 is 0 Å². The quantitative estimate of drug-likeness (QED) is 0.474. The molecule has 10 heteroatoms. The largest absolute Gasteiger partial charge is 0.344 e. The summed E-state index contributed by atoms with van der Waals surface area (Å²) in [4.78, 5) is 34.2. The van der Waals surface area contributed by atoms with Crippen molar-refractivity contribution in [3.63, 3.8) is 0 Å². The normalized spacial score (nSPS) is 10.0. The van der Waals surface area contributed by atoms with Crippen molar-refractivity contribution in [2.24, 2.45) is 14.1 Å². The fraction of sp³-hybridized carbons (Fsp3) is 0.214. The van der Waals surface area contributed by atoms with Gasteiger partial charge in [-0.1, -0.05) is 0 Å². The van der Waals surface area contributed by atoms with Crippen molar-refractivity contribution in [2.75, 3.05) is 11.9 Å². The smallest absolute Gasteiger partial charge is 0.287 e. The summed E-state index contributed by atoms with van der Waals surface area (Å²) < 4.78 is 2.84. The molecule has 0 spiro atoms. The molecule has 0 aliphatic carbocycles. The van der Waals surface area contributed by atoms with Gasteiger partial charge in [-0.15, -0.1) is 0 Å². The molecule has 2 aromatic heterocycles. The van der Waals surface area contributed by atoms with Crippen LogP contribution in [0.25, 0.3) is 0 Å². The topological polar surface area (TPSA) is 135 Å². The maximum atomic E-state index is 12.2. The van der Waals surface area contributed by atoms with Crippen LogP contribution >= 0.6 is 0 Å². The predicted octanol–water partition coefficient (Wildman–Crippen LogP) is 0.777. The van der Waals surface area contributed by atoms with Crippen LogP contribution in [0.15, 0.2) is 24.5 Å². The summed E-state index contributed by atoms with van der Waals surface area (Å²) in [5, 5.41) is 24.2. The van der Waals surface area contributed by atoms with Crippen molar-refractivity contribution in [3.8, 4) is 6.07 Å². The van der Waals surface area contributed by atoms with Crippen LogP contribution in [-0.2, 0) is 14.1 Å². The van der Waals surface area contributed by atoms with Gasteiger partial charge >= 0.3 is 0 Å². The predicted molar refractivity (Wildman–Crippen MR) is 83.4 cm³/mol. The molecule has 10 nitrogen and oxygen atoms in total. The molecule has 2 N–H and O–H groups in total. The van der Waals surface area contributed by atoms with Crippen LogP contribution in [0.2, 0.25) is 0 Å². The Morgan fingerprint density at radius 3 is 2.42 bits per heavy atom. The fourth-order valence-electron chi connectivity index (χ4n) is 2.14. The third-order valence-corrected chi connectivity index (χ3v) is 3.26. The lowest BCUT2D eigenvalue weighted by atomic mass is 10.3. The zero-order valence-electron chi connectivity index (χ0n) is 12.9. The van der Waals surface area contributed by atoms with Crippen molar-refractivity contribution in [2.45, 2.75) is 0 Å². The van der Waals surface area contributed by atoms with E-state index in [9.17, 15) is 19.7 Å². The maximum Gasteiger partial charge on any atom is 0.287 e. The number of anilines is 1. The highest BCUT2D eigenvalue weighted by Crippen LogP contribution is 2.18. The minimum atomic E-state index is -0.586. The molecule has 0 bridgehead atoms. The van der Waals surface area contributed by atoms with Crippen molar-refractivity contribution in [3.05, 3.63) is 46.0 Å². The van der Waals surface area contributed by atoms with Crippen LogP contribution in [0.1, 0.15) is 21.0 Å². The van der Waals surface area contributed by atoms with Gasteiger partial charge in [0.25, 0.3) is 17.5 Å². The number of carbonyl (C=O) groups excluding carboxylic acids is 2. The van der Waals surface area contributed by atoms with Gasteiger partial charge in [-0.3, -0.25) is 19.7 Å². The molecule has 0 aromatic carbocycles. The second-order valence-electron chi connectivity index (χ2n) is 4.97. The third kappa shape index (κ3) is 3.41. The molecular weight excluding hydrogens is 316 g/mol. The zero-order valence-corrected chi connectivity index (χ0v) is 12.9. The van der Waals surface area contributed by atoms with Crippen LogP contribution in [-0.4, -0.2) is 32.4 Å². The van der Waals surface area contributed by atoms with Crippen molar-refractivity contribution in [1.82, 2.24) is 14.5 Å². The van der Waals surface area contributed by atoms with Gasteiger partial charge in [0.05, 0.1) is 22.9 Å². The van der Waals surface area contributed by atoms with E-state index < -0.39 is 16.7 Å². The number of aryl methyl sites for hydroxylation is 2. The van der Waals surface area contributed by atoms with E-state index in [4.69, 9.17) is 5.26 Å². The second kappa shape index (κ2) is 6.66. The van der Waals surface area contributed by atoms with Gasteiger partial charge in [0.2, 0.25) is 0 Å². The molecule has 0 atom stereocenters. The molecule has 2 heterocycles. The molecule has 124 valence electrons. The molecule has 2 aromatic rings. The molecule has 0 saturated carbocycles. The Morgan fingerprint density at radius 1 is 1.21 bits per heavy atom. The molecule has 0 saturated heterocycles. The maximum absolute atomic E-state index is 12.2. The van der Waals surface area contributed by atoms with Crippen LogP contribution in [0.4, 0.5) is 11.4 Å².